The Labute approximate surface area is 203 Å². The Morgan fingerprint density at radius 2 is 1.82 bits per heavy atom. The summed E-state index contributed by atoms with van der Waals surface area (Å²) in [7, 11) is 3.75. The van der Waals surface area contributed by atoms with Gasteiger partial charge in [-0.2, -0.15) is 0 Å². The summed E-state index contributed by atoms with van der Waals surface area (Å²) in [5.41, 5.74) is 1.76. The number of thiocarbonyl (C=S) groups is 1. The van der Waals surface area contributed by atoms with Crippen LogP contribution in [0.4, 0.5) is 0 Å². The van der Waals surface area contributed by atoms with E-state index in [0.29, 0.717) is 28.9 Å². The highest BCUT2D eigenvalue weighted by Gasteiger charge is 2.16. The lowest BCUT2D eigenvalue weighted by atomic mass is 10.1. The average molecular weight is 485 g/mol. The second-order valence-electron chi connectivity index (χ2n) is 7.97. The Hall–Kier alpha value is -2.55. The number of rotatable bonds is 7. The summed E-state index contributed by atoms with van der Waals surface area (Å²) in [4.78, 5) is 17.6. The van der Waals surface area contributed by atoms with Crippen LogP contribution in [0, 0.1) is 0 Å². The van der Waals surface area contributed by atoms with E-state index >= 15 is 0 Å². The number of likely N-dealkylation sites (N-methyl/N-ethyl adjacent to an activating group) is 1. The molecule has 3 aromatic rings. The van der Waals surface area contributed by atoms with Crippen LogP contribution in [0.1, 0.15) is 6.42 Å². The number of nitrogens with zero attached hydrogens (tertiary/aromatic N) is 2. The van der Waals surface area contributed by atoms with E-state index in [1.165, 1.54) is 6.26 Å². The van der Waals surface area contributed by atoms with Crippen molar-refractivity contribution in [1.82, 2.24) is 9.80 Å². The molecule has 1 saturated heterocycles. The molecular weight excluding hydrogens is 456 g/mol. The van der Waals surface area contributed by atoms with Crippen LogP contribution in [0.2, 0.25) is 0 Å². The van der Waals surface area contributed by atoms with Crippen molar-refractivity contribution in [3.63, 3.8) is 0 Å². The van der Waals surface area contributed by atoms with E-state index in [0.717, 1.165) is 54.0 Å². The number of benzene rings is 2. The minimum atomic E-state index is -0.0678. The molecule has 174 valence electrons. The van der Waals surface area contributed by atoms with Gasteiger partial charge in [-0.25, -0.2) is 0 Å². The molecule has 0 N–H and O–H groups in total. The van der Waals surface area contributed by atoms with Crippen LogP contribution >= 0.6 is 24.0 Å². The molecule has 0 spiro atoms. The topological polar surface area (TPSA) is 55.2 Å². The highest BCUT2D eigenvalue weighted by Crippen LogP contribution is 2.25. The van der Waals surface area contributed by atoms with Gasteiger partial charge in [-0.1, -0.05) is 36.1 Å². The van der Waals surface area contributed by atoms with Gasteiger partial charge in [0, 0.05) is 38.0 Å². The summed E-state index contributed by atoms with van der Waals surface area (Å²) in [5.74, 6) is 2.35. The minimum absolute atomic E-state index is 0.0678. The van der Waals surface area contributed by atoms with Gasteiger partial charge < -0.3 is 23.7 Å². The van der Waals surface area contributed by atoms with Crippen molar-refractivity contribution in [3.8, 4) is 22.6 Å². The van der Waals surface area contributed by atoms with Gasteiger partial charge in [0.15, 0.2) is 5.43 Å². The Morgan fingerprint density at radius 3 is 2.55 bits per heavy atom. The monoisotopic (exact) mass is 484 g/mol. The lowest BCUT2D eigenvalue weighted by Gasteiger charge is -2.33. The molecular formula is C25H28N2O4S2. The van der Waals surface area contributed by atoms with E-state index in [-0.39, 0.29) is 5.43 Å². The second kappa shape index (κ2) is 11.0. The van der Waals surface area contributed by atoms with Crippen molar-refractivity contribution in [1.29, 1.82) is 0 Å². The van der Waals surface area contributed by atoms with Crippen molar-refractivity contribution < 1.29 is 13.9 Å². The molecule has 2 heterocycles. The number of hydrogen-bond donors (Lipinski definition) is 0. The van der Waals surface area contributed by atoms with Crippen LogP contribution in [0.15, 0.2) is 57.9 Å². The summed E-state index contributed by atoms with van der Waals surface area (Å²) in [5, 5.41) is 0.531. The molecule has 1 fully saturated rings. The van der Waals surface area contributed by atoms with Crippen LogP contribution in [-0.2, 0) is 0 Å². The zero-order chi connectivity index (χ0) is 23.2. The van der Waals surface area contributed by atoms with E-state index < -0.39 is 0 Å². The molecule has 6 nitrogen and oxygen atoms in total. The highest BCUT2D eigenvalue weighted by molar-refractivity contribution is 8.22. The zero-order valence-electron chi connectivity index (χ0n) is 18.9. The van der Waals surface area contributed by atoms with Gasteiger partial charge in [0.1, 0.15) is 27.7 Å². The lowest BCUT2D eigenvalue weighted by molar-refractivity contribution is 0.220. The van der Waals surface area contributed by atoms with Crippen LogP contribution in [-0.4, -0.2) is 66.8 Å². The molecule has 8 heteroatoms. The molecule has 0 saturated carbocycles. The molecule has 0 unspecified atom stereocenters. The van der Waals surface area contributed by atoms with E-state index in [2.05, 4.69) is 16.8 Å². The molecule has 2 aromatic carbocycles. The molecule has 1 aliphatic heterocycles. The highest BCUT2D eigenvalue weighted by atomic mass is 32.2. The fraction of sp³-hybridized carbons (Fsp3) is 0.360. The van der Waals surface area contributed by atoms with Crippen LogP contribution in [0.3, 0.4) is 0 Å². The van der Waals surface area contributed by atoms with E-state index in [4.69, 9.17) is 26.1 Å². The molecule has 0 amide bonds. The Bertz CT molecular complexity index is 1160. The second-order valence-corrected chi connectivity index (χ2v) is 9.70. The SMILES string of the molecule is COc1ccc(-c2coc3cc(OCCCSC(=S)N4CCN(C)CC4)ccc3c2=O)cc1. The molecule has 0 aliphatic carbocycles. The summed E-state index contributed by atoms with van der Waals surface area (Å²) < 4.78 is 17.8. The third kappa shape index (κ3) is 5.88. The number of ether oxygens (including phenoxy) is 2. The number of methoxy groups -OCH3 is 1. The maximum Gasteiger partial charge on any atom is 0.200 e. The predicted octanol–water partition coefficient (Wildman–Crippen LogP) is 4.50. The van der Waals surface area contributed by atoms with Crippen molar-refractivity contribution in [2.24, 2.45) is 0 Å². The van der Waals surface area contributed by atoms with E-state index in [9.17, 15) is 4.79 Å². The maximum atomic E-state index is 13.0. The Kier molecular flexibility index (Phi) is 7.90. The number of piperazine rings is 1. The first-order chi connectivity index (χ1) is 16.0. The van der Waals surface area contributed by atoms with Gasteiger partial charge in [0.2, 0.25) is 0 Å². The molecule has 0 radical (unpaired) electrons. The first-order valence-electron chi connectivity index (χ1n) is 11.0. The van der Waals surface area contributed by atoms with Gasteiger partial charge in [-0.3, -0.25) is 4.79 Å². The maximum absolute atomic E-state index is 13.0. The quantitative estimate of drug-likeness (QED) is 0.359. The van der Waals surface area contributed by atoms with Gasteiger partial charge in [-0.05, 0) is 43.3 Å². The Balaban J connectivity index is 1.31. The van der Waals surface area contributed by atoms with Crippen LogP contribution in [0.5, 0.6) is 11.5 Å². The molecule has 0 atom stereocenters. The summed E-state index contributed by atoms with van der Waals surface area (Å²) >= 11 is 7.28. The van der Waals surface area contributed by atoms with Gasteiger partial charge in [0.25, 0.3) is 0 Å². The third-order valence-corrected chi connectivity index (χ3v) is 7.30. The fourth-order valence-electron chi connectivity index (χ4n) is 3.66. The smallest absolute Gasteiger partial charge is 0.200 e. The standard InChI is InChI=1S/C25H28N2O4S2/c1-26-10-12-27(13-11-26)25(32)33-15-3-14-30-20-8-9-21-23(16-20)31-17-22(24(21)28)18-4-6-19(29-2)7-5-18/h4-9,16-17H,3,10-15H2,1-2H3. The minimum Gasteiger partial charge on any atom is -0.497 e. The summed E-state index contributed by atoms with van der Waals surface area (Å²) in [6, 6.07) is 12.7. The normalized spacial score (nSPS) is 14.4. The van der Waals surface area contributed by atoms with Crippen molar-refractivity contribution in [2.75, 3.05) is 52.7 Å². The molecule has 33 heavy (non-hydrogen) atoms. The lowest BCUT2D eigenvalue weighted by Crippen LogP contribution is -2.45. The zero-order valence-corrected chi connectivity index (χ0v) is 20.5. The molecule has 1 aromatic heterocycles. The Morgan fingerprint density at radius 1 is 1.09 bits per heavy atom. The predicted molar refractivity (Wildman–Crippen MR) is 139 cm³/mol. The first-order valence-corrected chi connectivity index (χ1v) is 12.4. The summed E-state index contributed by atoms with van der Waals surface area (Å²) in [6.07, 6.45) is 2.39. The van der Waals surface area contributed by atoms with E-state index in [1.54, 1.807) is 31.0 Å². The number of fused-ring (bicyclic) bond motifs is 1. The third-order valence-electron chi connectivity index (χ3n) is 5.69. The average Bonchev–Trinajstić information content (AvgIpc) is 2.84. The molecule has 0 bridgehead atoms. The largest absolute Gasteiger partial charge is 0.497 e. The van der Waals surface area contributed by atoms with Crippen molar-refractivity contribution in [3.05, 3.63) is 59.0 Å². The van der Waals surface area contributed by atoms with Gasteiger partial charge in [0.05, 0.1) is 24.7 Å². The summed E-state index contributed by atoms with van der Waals surface area (Å²) in [6.45, 7) is 4.70. The molecule has 4 rings (SSSR count). The van der Waals surface area contributed by atoms with Crippen LogP contribution in [0.25, 0.3) is 22.1 Å². The van der Waals surface area contributed by atoms with Crippen molar-refractivity contribution in [2.45, 2.75) is 6.42 Å². The fourth-order valence-corrected chi connectivity index (χ4v) is 4.89. The van der Waals surface area contributed by atoms with Crippen molar-refractivity contribution >= 4 is 39.3 Å². The molecule has 1 aliphatic rings. The van der Waals surface area contributed by atoms with Gasteiger partial charge in [-0.15, -0.1) is 0 Å². The number of thioether (sulfide) groups is 1. The first kappa shape index (κ1) is 23.6. The van der Waals surface area contributed by atoms with E-state index in [1.807, 2.05) is 30.3 Å². The van der Waals surface area contributed by atoms with Gasteiger partial charge >= 0.3 is 0 Å². The van der Waals surface area contributed by atoms with Crippen LogP contribution < -0.4 is 14.9 Å². The number of hydrogen-bond acceptors (Lipinski definition) is 7.